The minimum absolute atomic E-state index is 0.119. The summed E-state index contributed by atoms with van der Waals surface area (Å²) in [5.74, 6) is 0.901. The lowest BCUT2D eigenvalue weighted by atomic mass is 9.97. The number of hydrogen-bond acceptors (Lipinski definition) is 2. The first-order valence-corrected chi connectivity index (χ1v) is 7.03. The molecule has 2 nitrogen and oxygen atoms in total. The Hall–Kier alpha value is -1.32. The van der Waals surface area contributed by atoms with Crippen molar-refractivity contribution in [2.45, 2.75) is 13.0 Å². The lowest BCUT2D eigenvalue weighted by Crippen LogP contribution is -2.18. The van der Waals surface area contributed by atoms with Crippen molar-refractivity contribution in [1.82, 2.24) is 5.32 Å². The number of hydrogen-bond donors (Lipinski definition) is 1. The summed E-state index contributed by atoms with van der Waals surface area (Å²) in [6.45, 7) is 2.09. The third-order valence-corrected chi connectivity index (χ3v) is 4.12. The van der Waals surface area contributed by atoms with Crippen LogP contribution in [-0.4, -0.2) is 14.2 Å². The SMILES string of the molecule is CNC(c1ccc(C)c(Br)c1)c1ccccc1OC. The van der Waals surface area contributed by atoms with Crippen LogP contribution in [0.25, 0.3) is 0 Å². The second-order valence-electron chi connectivity index (χ2n) is 4.47. The molecule has 0 saturated heterocycles. The Morgan fingerprint density at radius 1 is 1.16 bits per heavy atom. The van der Waals surface area contributed by atoms with Crippen LogP contribution in [0.2, 0.25) is 0 Å². The molecule has 0 heterocycles. The fourth-order valence-corrected chi connectivity index (χ4v) is 2.59. The van der Waals surface area contributed by atoms with Crippen molar-refractivity contribution >= 4 is 15.9 Å². The van der Waals surface area contributed by atoms with Crippen LogP contribution in [-0.2, 0) is 0 Å². The van der Waals surface area contributed by atoms with E-state index in [1.807, 2.05) is 25.2 Å². The molecule has 0 aliphatic heterocycles. The Kier molecular flexibility index (Phi) is 4.61. The Morgan fingerprint density at radius 2 is 1.89 bits per heavy atom. The molecule has 1 N–H and O–H groups in total. The van der Waals surface area contributed by atoms with Crippen LogP contribution in [0.1, 0.15) is 22.7 Å². The van der Waals surface area contributed by atoms with Crippen molar-refractivity contribution in [3.05, 3.63) is 63.6 Å². The van der Waals surface area contributed by atoms with Crippen molar-refractivity contribution in [2.24, 2.45) is 0 Å². The lowest BCUT2D eigenvalue weighted by Gasteiger charge is -2.20. The van der Waals surface area contributed by atoms with Gasteiger partial charge in [0.05, 0.1) is 13.2 Å². The third kappa shape index (κ3) is 2.99. The monoisotopic (exact) mass is 319 g/mol. The average Bonchev–Trinajstić information content (AvgIpc) is 2.44. The van der Waals surface area contributed by atoms with E-state index in [2.05, 4.69) is 52.4 Å². The van der Waals surface area contributed by atoms with E-state index in [1.165, 1.54) is 11.1 Å². The molecule has 0 aliphatic carbocycles. The number of nitrogens with one attached hydrogen (secondary N) is 1. The van der Waals surface area contributed by atoms with Gasteiger partial charge in [-0.2, -0.15) is 0 Å². The zero-order valence-corrected chi connectivity index (χ0v) is 13.0. The van der Waals surface area contributed by atoms with Gasteiger partial charge in [-0.15, -0.1) is 0 Å². The minimum atomic E-state index is 0.119. The van der Waals surface area contributed by atoms with E-state index >= 15 is 0 Å². The number of methoxy groups -OCH3 is 1. The number of para-hydroxylation sites is 1. The van der Waals surface area contributed by atoms with E-state index in [4.69, 9.17) is 4.74 Å². The van der Waals surface area contributed by atoms with Gasteiger partial charge in [0.2, 0.25) is 0 Å². The van der Waals surface area contributed by atoms with Gasteiger partial charge in [0.25, 0.3) is 0 Å². The number of benzene rings is 2. The number of aryl methyl sites for hydroxylation is 1. The maximum Gasteiger partial charge on any atom is 0.123 e. The van der Waals surface area contributed by atoms with Crippen molar-refractivity contribution < 1.29 is 4.74 Å². The first-order valence-electron chi connectivity index (χ1n) is 6.23. The van der Waals surface area contributed by atoms with Gasteiger partial charge in [0.15, 0.2) is 0 Å². The third-order valence-electron chi connectivity index (χ3n) is 3.27. The first kappa shape index (κ1) is 14.1. The molecule has 0 bridgehead atoms. The summed E-state index contributed by atoms with van der Waals surface area (Å²) in [6.07, 6.45) is 0. The van der Waals surface area contributed by atoms with Gasteiger partial charge in [0, 0.05) is 10.0 Å². The topological polar surface area (TPSA) is 21.3 Å². The first-order chi connectivity index (χ1) is 9.17. The molecule has 0 aliphatic rings. The van der Waals surface area contributed by atoms with Gasteiger partial charge in [0.1, 0.15) is 5.75 Å². The second kappa shape index (κ2) is 6.22. The molecule has 0 amide bonds. The van der Waals surface area contributed by atoms with Crippen LogP contribution >= 0.6 is 15.9 Å². The molecule has 2 aromatic rings. The highest BCUT2D eigenvalue weighted by atomic mass is 79.9. The van der Waals surface area contributed by atoms with Crippen LogP contribution in [0.5, 0.6) is 5.75 Å². The van der Waals surface area contributed by atoms with Gasteiger partial charge in [-0.1, -0.05) is 46.3 Å². The smallest absolute Gasteiger partial charge is 0.123 e. The molecule has 0 fully saturated rings. The molecule has 1 unspecified atom stereocenters. The van der Waals surface area contributed by atoms with E-state index in [0.29, 0.717) is 0 Å². The molecule has 100 valence electrons. The van der Waals surface area contributed by atoms with E-state index in [1.54, 1.807) is 7.11 Å². The molecule has 2 rings (SSSR count). The van der Waals surface area contributed by atoms with Gasteiger partial charge < -0.3 is 10.1 Å². The van der Waals surface area contributed by atoms with Crippen molar-refractivity contribution in [1.29, 1.82) is 0 Å². The summed E-state index contributed by atoms with van der Waals surface area (Å²) in [5.41, 5.74) is 3.59. The Labute approximate surface area is 122 Å². The molecule has 0 spiro atoms. The second-order valence-corrected chi connectivity index (χ2v) is 5.33. The summed E-state index contributed by atoms with van der Waals surface area (Å²) >= 11 is 3.59. The predicted octanol–water partition coefficient (Wildman–Crippen LogP) is 4.07. The van der Waals surface area contributed by atoms with Crippen LogP contribution in [0.15, 0.2) is 46.9 Å². The van der Waals surface area contributed by atoms with Crippen molar-refractivity contribution in [3.63, 3.8) is 0 Å². The van der Waals surface area contributed by atoms with Gasteiger partial charge in [-0.25, -0.2) is 0 Å². The maximum atomic E-state index is 5.45. The fraction of sp³-hybridized carbons (Fsp3) is 0.250. The largest absolute Gasteiger partial charge is 0.496 e. The number of ether oxygens (including phenoxy) is 1. The van der Waals surface area contributed by atoms with Crippen LogP contribution in [0, 0.1) is 6.92 Å². The Morgan fingerprint density at radius 3 is 2.53 bits per heavy atom. The predicted molar refractivity (Wildman–Crippen MR) is 82.8 cm³/mol. The lowest BCUT2D eigenvalue weighted by molar-refractivity contribution is 0.405. The molecular formula is C16H18BrNO. The van der Waals surface area contributed by atoms with Crippen molar-refractivity contribution in [2.75, 3.05) is 14.2 Å². The van der Waals surface area contributed by atoms with E-state index < -0.39 is 0 Å². The highest BCUT2D eigenvalue weighted by Crippen LogP contribution is 2.31. The van der Waals surface area contributed by atoms with Crippen LogP contribution in [0.4, 0.5) is 0 Å². The number of rotatable bonds is 4. The average molecular weight is 320 g/mol. The zero-order valence-electron chi connectivity index (χ0n) is 11.4. The molecule has 19 heavy (non-hydrogen) atoms. The van der Waals surface area contributed by atoms with E-state index in [0.717, 1.165) is 15.8 Å². The van der Waals surface area contributed by atoms with Gasteiger partial charge in [-0.05, 0) is 37.2 Å². The normalized spacial score (nSPS) is 12.2. The zero-order chi connectivity index (χ0) is 13.8. The molecule has 0 aromatic heterocycles. The van der Waals surface area contributed by atoms with E-state index in [-0.39, 0.29) is 6.04 Å². The Balaban J connectivity index is 2.46. The quantitative estimate of drug-likeness (QED) is 0.917. The summed E-state index contributed by atoms with van der Waals surface area (Å²) in [4.78, 5) is 0. The molecular weight excluding hydrogens is 302 g/mol. The number of halogens is 1. The molecule has 2 aromatic carbocycles. The van der Waals surface area contributed by atoms with Gasteiger partial charge in [-0.3, -0.25) is 0 Å². The molecule has 1 atom stereocenters. The standard InChI is InChI=1S/C16H18BrNO/c1-11-8-9-12(10-14(11)17)16(18-2)13-6-4-5-7-15(13)19-3/h4-10,16,18H,1-3H3. The highest BCUT2D eigenvalue weighted by molar-refractivity contribution is 9.10. The molecule has 3 heteroatoms. The minimum Gasteiger partial charge on any atom is -0.496 e. The fourth-order valence-electron chi connectivity index (χ4n) is 2.20. The summed E-state index contributed by atoms with van der Waals surface area (Å²) in [6, 6.07) is 14.6. The molecule has 0 saturated carbocycles. The van der Waals surface area contributed by atoms with Crippen molar-refractivity contribution in [3.8, 4) is 5.75 Å². The van der Waals surface area contributed by atoms with Crippen LogP contribution < -0.4 is 10.1 Å². The van der Waals surface area contributed by atoms with Crippen LogP contribution in [0.3, 0.4) is 0 Å². The molecule has 0 radical (unpaired) electrons. The Bertz CT molecular complexity index is 568. The van der Waals surface area contributed by atoms with E-state index in [9.17, 15) is 0 Å². The highest BCUT2D eigenvalue weighted by Gasteiger charge is 2.16. The van der Waals surface area contributed by atoms with Gasteiger partial charge >= 0.3 is 0 Å². The summed E-state index contributed by atoms with van der Waals surface area (Å²) in [5, 5.41) is 3.36. The maximum absolute atomic E-state index is 5.45. The summed E-state index contributed by atoms with van der Waals surface area (Å²) < 4.78 is 6.58. The summed E-state index contributed by atoms with van der Waals surface area (Å²) in [7, 11) is 3.67.